The van der Waals surface area contributed by atoms with Crippen molar-refractivity contribution in [3.8, 4) is 0 Å². The highest BCUT2D eigenvalue weighted by molar-refractivity contribution is 5.54. The first-order valence-electron chi connectivity index (χ1n) is 4.36. The zero-order valence-electron chi connectivity index (χ0n) is 6.83. The van der Waals surface area contributed by atoms with Crippen LogP contribution in [0.4, 0.5) is 0 Å². The highest BCUT2D eigenvalue weighted by Gasteiger charge is 2.42. The van der Waals surface area contributed by atoms with Crippen LogP contribution in [0.5, 0.6) is 0 Å². The number of nitrogens with zero attached hydrogens (tertiary/aromatic N) is 2. The van der Waals surface area contributed by atoms with E-state index in [1.165, 1.54) is 18.4 Å². The van der Waals surface area contributed by atoms with Gasteiger partial charge in [0.05, 0.1) is 5.69 Å². The second-order valence-electron chi connectivity index (χ2n) is 3.81. The molecule has 60 valence electrons. The van der Waals surface area contributed by atoms with Crippen LogP contribution in [0.25, 0.3) is 6.08 Å². The quantitative estimate of drug-likeness (QED) is 0.575. The van der Waals surface area contributed by atoms with Crippen molar-refractivity contribution >= 4 is 6.08 Å². The SMILES string of the molecule is C1=CC2(CC2)Cc2cncnc21. The molecule has 1 aromatic rings. The summed E-state index contributed by atoms with van der Waals surface area (Å²) in [5, 5.41) is 0. The number of allylic oxidation sites excluding steroid dienone is 1. The molecule has 1 heterocycles. The minimum atomic E-state index is 0.512. The van der Waals surface area contributed by atoms with Gasteiger partial charge < -0.3 is 0 Å². The standard InChI is InChI=1S/C10H10N2/c1-2-10(3-4-10)5-8-6-11-7-12-9(1)8/h1-2,6-7H,3-5H2. The third kappa shape index (κ3) is 0.809. The Morgan fingerprint density at radius 3 is 3.08 bits per heavy atom. The molecule has 0 bridgehead atoms. The van der Waals surface area contributed by atoms with Crippen molar-refractivity contribution in [3.63, 3.8) is 0 Å². The Labute approximate surface area is 71.4 Å². The zero-order chi connectivity index (χ0) is 8.02. The van der Waals surface area contributed by atoms with Gasteiger partial charge in [0.1, 0.15) is 6.33 Å². The lowest BCUT2D eigenvalue weighted by molar-refractivity contribution is 0.637. The summed E-state index contributed by atoms with van der Waals surface area (Å²) < 4.78 is 0. The number of fused-ring (bicyclic) bond motifs is 1. The maximum Gasteiger partial charge on any atom is 0.116 e. The fraction of sp³-hybridized carbons (Fsp3) is 0.400. The van der Waals surface area contributed by atoms with E-state index in [9.17, 15) is 0 Å². The lowest BCUT2D eigenvalue weighted by atomic mass is 9.91. The highest BCUT2D eigenvalue weighted by Crippen LogP contribution is 2.52. The summed E-state index contributed by atoms with van der Waals surface area (Å²) in [5.74, 6) is 0. The average molecular weight is 158 g/mol. The lowest BCUT2D eigenvalue weighted by Gasteiger charge is -2.16. The van der Waals surface area contributed by atoms with Crippen LogP contribution in [0.15, 0.2) is 18.6 Å². The Bertz CT molecular complexity index is 351. The molecule has 1 fully saturated rings. The predicted molar refractivity (Wildman–Crippen MR) is 46.4 cm³/mol. The Hall–Kier alpha value is -1.18. The molecule has 0 aliphatic heterocycles. The maximum atomic E-state index is 4.21. The fourth-order valence-electron chi connectivity index (χ4n) is 1.85. The Morgan fingerprint density at radius 2 is 2.25 bits per heavy atom. The van der Waals surface area contributed by atoms with Crippen LogP contribution in [0, 0.1) is 5.41 Å². The molecule has 2 nitrogen and oxygen atoms in total. The van der Waals surface area contributed by atoms with Crippen molar-refractivity contribution in [2.24, 2.45) is 5.41 Å². The number of rotatable bonds is 0. The monoisotopic (exact) mass is 158 g/mol. The Balaban J connectivity index is 2.10. The van der Waals surface area contributed by atoms with E-state index in [0.717, 1.165) is 12.1 Å². The van der Waals surface area contributed by atoms with Crippen molar-refractivity contribution in [2.45, 2.75) is 19.3 Å². The average Bonchev–Trinajstić information content (AvgIpc) is 2.85. The largest absolute Gasteiger partial charge is 0.244 e. The third-order valence-electron chi connectivity index (χ3n) is 2.85. The molecule has 0 aromatic carbocycles. The van der Waals surface area contributed by atoms with Gasteiger partial charge in [-0.2, -0.15) is 0 Å². The third-order valence-corrected chi connectivity index (χ3v) is 2.85. The van der Waals surface area contributed by atoms with Crippen LogP contribution in [0.1, 0.15) is 24.1 Å². The molecule has 2 aliphatic rings. The Kier molecular flexibility index (Phi) is 1.03. The van der Waals surface area contributed by atoms with Gasteiger partial charge in [-0.15, -0.1) is 0 Å². The summed E-state index contributed by atoms with van der Waals surface area (Å²) in [6.07, 6.45) is 11.9. The summed E-state index contributed by atoms with van der Waals surface area (Å²) in [7, 11) is 0. The minimum Gasteiger partial charge on any atom is -0.244 e. The first kappa shape index (κ1) is 6.35. The number of hydrogen-bond donors (Lipinski definition) is 0. The van der Waals surface area contributed by atoms with Gasteiger partial charge >= 0.3 is 0 Å². The molecule has 0 N–H and O–H groups in total. The van der Waals surface area contributed by atoms with Gasteiger partial charge in [-0.05, 0) is 36.3 Å². The van der Waals surface area contributed by atoms with Gasteiger partial charge in [-0.3, -0.25) is 0 Å². The van der Waals surface area contributed by atoms with E-state index < -0.39 is 0 Å². The predicted octanol–water partition coefficient (Wildman–Crippen LogP) is 1.83. The van der Waals surface area contributed by atoms with Crippen LogP contribution in [-0.2, 0) is 6.42 Å². The summed E-state index contributed by atoms with van der Waals surface area (Å²) in [4.78, 5) is 8.26. The first-order chi connectivity index (χ1) is 5.88. The van der Waals surface area contributed by atoms with Crippen molar-refractivity contribution in [1.29, 1.82) is 0 Å². The van der Waals surface area contributed by atoms with Crippen LogP contribution in [0.3, 0.4) is 0 Å². The van der Waals surface area contributed by atoms with Crippen LogP contribution in [-0.4, -0.2) is 9.97 Å². The molecular weight excluding hydrogens is 148 g/mol. The zero-order valence-corrected chi connectivity index (χ0v) is 6.83. The van der Waals surface area contributed by atoms with E-state index in [0.29, 0.717) is 5.41 Å². The van der Waals surface area contributed by atoms with E-state index in [2.05, 4.69) is 22.1 Å². The molecule has 1 aromatic heterocycles. The molecule has 0 saturated heterocycles. The molecule has 0 radical (unpaired) electrons. The maximum absolute atomic E-state index is 4.21. The van der Waals surface area contributed by atoms with Crippen LogP contribution in [0.2, 0.25) is 0 Å². The molecule has 2 heteroatoms. The van der Waals surface area contributed by atoms with E-state index in [1.807, 2.05) is 6.20 Å². The molecule has 1 spiro atoms. The molecule has 0 unspecified atom stereocenters. The van der Waals surface area contributed by atoms with Crippen molar-refractivity contribution in [3.05, 3.63) is 29.9 Å². The molecule has 0 amide bonds. The second kappa shape index (κ2) is 1.94. The molecule has 0 atom stereocenters. The van der Waals surface area contributed by atoms with Crippen molar-refractivity contribution in [1.82, 2.24) is 9.97 Å². The van der Waals surface area contributed by atoms with Crippen LogP contribution < -0.4 is 0 Å². The van der Waals surface area contributed by atoms with Gasteiger partial charge in [-0.25, -0.2) is 9.97 Å². The molecule has 2 aliphatic carbocycles. The smallest absolute Gasteiger partial charge is 0.116 e. The molecular formula is C10H10N2. The van der Waals surface area contributed by atoms with E-state index in [1.54, 1.807) is 6.33 Å². The van der Waals surface area contributed by atoms with E-state index in [-0.39, 0.29) is 0 Å². The lowest BCUT2D eigenvalue weighted by Crippen LogP contribution is -2.08. The summed E-state index contributed by atoms with van der Waals surface area (Å²) in [6.45, 7) is 0. The second-order valence-corrected chi connectivity index (χ2v) is 3.81. The Morgan fingerprint density at radius 1 is 1.33 bits per heavy atom. The van der Waals surface area contributed by atoms with Gasteiger partial charge in [0.15, 0.2) is 0 Å². The van der Waals surface area contributed by atoms with Crippen LogP contribution >= 0.6 is 0 Å². The van der Waals surface area contributed by atoms with Gasteiger partial charge in [0.25, 0.3) is 0 Å². The number of aromatic nitrogens is 2. The summed E-state index contributed by atoms with van der Waals surface area (Å²) >= 11 is 0. The summed E-state index contributed by atoms with van der Waals surface area (Å²) in [5.41, 5.74) is 2.94. The first-order valence-corrected chi connectivity index (χ1v) is 4.36. The molecule has 12 heavy (non-hydrogen) atoms. The van der Waals surface area contributed by atoms with Crippen molar-refractivity contribution in [2.75, 3.05) is 0 Å². The minimum absolute atomic E-state index is 0.512. The summed E-state index contributed by atoms with van der Waals surface area (Å²) in [6, 6.07) is 0. The van der Waals surface area contributed by atoms with Gasteiger partial charge in [-0.1, -0.05) is 6.08 Å². The number of hydrogen-bond acceptors (Lipinski definition) is 2. The fourth-order valence-corrected chi connectivity index (χ4v) is 1.85. The molecule has 3 rings (SSSR count). The van der Waals surface area contributed by atoms with Gasteiger partial charge in [0.2, 0.25) is 0 Å². The van der Waals surface area contributed by atoms with Gasteiger partial charge in [0, 0.05) is 6.20 Å². The molecule has 1 saturated carbocycles. The van der Waals surface area contributed by atoms with Crippen molar-refractivity contribution < 1.29 is 0 Å². The normalized spacial score (nSPS) is 22.3. The highest BCUT2D eigenvalue weighted by atomic mass is 14.8. The topological polar surface area (TPSA) is 25.8 Å². The van der Waals surface area contributed by atoms with E-state index >= 15 is 0 Å². The van der Waals surface area contributed by atoms with E-state index in [4.69, 9.17) is 0 Å².